The molecule has 0 spiro atoms. The van der Waals surface area contributed by atoms with Crippen molar-refractivity contribution in [2.24, 2.45) is 5.92 Å². The molecule has 190 valence electrons. The van der Waals surface area contributed by atoms with Crippen LogP contribution in [0, 0.1) is 11.7 Å². The summed E-state index contributed by atoms with van der Waals surface area (Å²) in [6, 6.07) is 4.00. The van der Waals surface area contributed by atoms with Crippen LogP contribution >= 0.6 is 0 Å². The fourth-order valence-corrected chi connectivity index (χ4v) is 3.34. The van der Waals surface area contributed by atoms with E-state index in [1.54, 1.807) is 20.8 Å². The van der Waals surface area contributed by atoms with E-state index in [2.05, 4.69) is 5.32 Å². The number of nitrogens with zero attached hydrogens (tertiary/aromatic N) is 2. The second-order valence-corrected chi connectivity index (χ2v) is 9.67. The van der Waals surface area contributed by atoms with Crippen LogP contribution in [-0.2, 0) is 25.5 Å². The van der Waals surface area contributed by atoms with Crippen LogP contribution < -0.4 is 5.32 Å². The highest BCUT2D eigenvalue weighted by Gasteiger charge is 2.33. The van der Waals surface area contributed by atoms with Crippen molar-refractivity contribution in [3.63, 3.8) is 0 Å². The molecule has 0 radical (unpaired) electrons. The highest BCUT2D eigenvalue weighted by molar-refractivity contribution is 5.92. The van der Waals surface area contributed by atoms with Gasteiger partial charge >= 0.3 is 6.09 Å². The van der Waals surface area contributed by atoms with Crippen molar-refractivity contribution in [2.45, 2.75) is 72.1 Å². The van der Waals surface area contributed by atoms with Crippen molar-refractivity contribution in [2.75, 3.05) is 20.6 Å². The molecule has 0 saturated carbocycles. The Balaban J connectivity index is 3.06. The average molecular weight is 480 g/mol. The summed E-state index contributed by atoms with van der Waals surface area (Å²) in [6.07, 6.45) is 0.114. The minimum Gasteiger partial charge on any atom is -0.444 e. The van der Waals surface area contributed by atoms with E-state index >= 15 is 0 Å². The summed E-state index contributed by atoms with van der Waals surface area (Å²) in [6.45, 7) is 10.1. The number of rotatable bonds is 10. The van der Waals surface area contributed by atoms with Gasteiger partial charge in [-0.15, -0.1) is 0 Å². The van der Waals surface area contributed by atoms with E-state index in [0.717, 1.165) is 0 Å². The molecule has 1 aromatic rings. The first-order chi connectivity index (χ1) is 15.7. The van der Waals surface area contributed by atoms with Gasteiger partial charge in [-0.1, -0.05) is 32.4 Å². The predicted molar refractivity (Wildman–Crippen MR) is 128 cm³/mol. The van der Waals surface area contributed by atoms with E-state index in [-0.39, 0.29) is 24.7 Å². The number of likely N-dealkylation sites (N-methyl/N-ethyl adjacent to an activating group) is 2. The quantitative estimate of drug-likeness (QED) is 0.556. The summed E-state index contributed by atoms with van der Waals surface area (Å²) in [4.78, 5) is 52.9. The second kappa shape index (κ2) is 12.5. The number of ketones is 1. The summed E-state index contributed by atoms with van der Waals surface area (Å²) in [5.74, 6) is -1.59. The first-order valence-corrected chi connectivity index (χ1v) is 11.4. The Bertz CT molecular complexity index is 866. The monoisotopic (exact) mass is 479 g/mol. The van der Waals surface area contributed by atoms with Gasteiger partial charge in [0.1, 0.15) is 17.5 Å². The van der Waals surface area contributed by atoms with Gasteiger partial charge in [0.2, 0.25) is 11.8 Å². The number of carbonyl (C=O) groups is 4. The van der Waals surface area contributed by atoms with Crippen molar-refractivity contribution in [1.82, 2.24) is 15.1 Å². The molecule has 0 aliphatic carbocycles. The van der Waals surface area contributed by atoms with Crippen LogP contribution in [0.2, 0.25) is 0 Å². The smallest absolute Gasteiger partial charge is 0.410 e. The highest BCUT2D eigenvalue weighted by atomic mass is 19.1. The third-order valence-electron chi connectivity index (χ3n) is 5.50. The third kappa shape index (κ3) is 9.11. The molecule has 3 amide bonds. The molecular weight excluding hydrogens is 441 g/mol. The summed E-state index contributed by atoms with van der Waals surface area (Å²) >= 11 is 0. The van der Waals surface area contributed by atoms with Crippen molar-refractivity contribution in [1.29, 1.82) is 0 Å². The van der Waals surface area contributed by atoms with Gasteiger partial charge in [0.05, 0.1) is 12.6 Å². The fourth-order valence-electron chi connectivity index (χ4n) is 3.34. The van der Waals surface area contributed by atoms with E-state index in [0.29, 0.717) is 12.0 Å². The van der Waals surface area contributed by atoms with Crippen LogP contribution in [-0.4, -0.2) is 71.8 Å². The topological polar surface area (TPSA) is 96.0 Å². The number of ether oxygens (including phenoxy) is 1. The molecule has 0 aliphatic heterocycles. The number of hydrogen-bond acceptors (Lipinski definition) is 5. The molecule has 34 heavy (non-hydrogen) atoms. The van der Waals surface area contributed by atoms with Gasteiger partial charge in [-0.3, -0.25) is 19.3 Å². The largest absolute Gasteiger partial charge is 0.444 e. The SMILES string of the molecule is CCC(C)[C@H](NC(=O)CN(C)C(=O)[C@@H](Cc1ccc(F)cc1)N(C)C(=O)OC(C)(C)C)C(C)=O. The van der Waals surface area contributed by atoms with Crippen molar-refractivity contribution in [3.8, 4) is 0 Å². The lowest BCUT2D eigenvalue weighted by atomic mass is 9.96. The lowest BCUT2D eigenvalue weighted by molar-refractivity contribution is -0.139. The Kier molecular flexibility index (Phi) is 10.7. The van der Waals surface area contributed by atoms with Gasteiger partial charge in [0.15, 0.2) is 5.78 Å². The van der Waals surface area contributed by atoms with E-state index in [1.807, 2.05) is 13.8 Å². The Morgan fingerprint density at radius 1 is 1.09 bits per heavy atom. The molecule has 3 atom stereocenters. The molecule has 0 aromatic heterocycles. The number of hydrogen-bond donors (Lipinski definition) is 1. The summed E-state index contributed by atoms with van der Waals surface area (Å²) in [5, 5.41) is 2.70. The number of carbonyl (C=O) groups excluding carboxylic acids is 4. The Labute approximate surface area is 201 Å². The minimum absolute atomic E-state index is 0.0491. The van der Waals surface area contributed by atoms with E-state index < -0.39 is 41.4 Å². The number of Topliss-reactive ketones (excluding diaryl/α,β-unsaturated/α-hetero) is 1. The molecule has 0 fully saturated rings. The number of nitrogens with one attached hydrogen (secondary N) is 1. The number of benzene rings is 1. The maximum Gasteiger partial charge on any atom is 0.410 e. The molecule has 0 heterocycles. The van der Waals surface area contributed by atoms with Crippen LogP contribution in [0.15, 0.2) is 24.3 Å². The zero-order chi connectivity index (χ0) is 26.2. The first kappa shape index (κ1) is 29.1. The van der Waals surface area contributed by atoms with E-state index in [4.69, 9.17) is 4.74 Å². The molecule has 0 bridgehead atoms. The fraction of sp³-hybridized carbons (Fsp3) is 0.600. The third-order valence-corrected chi connectivity index (χ3v) is 5.50. The summed E-state index contributed by atoms with van der Waals surface area (Å²) in [5.41, 5.74) is -0.125. The van der Waals surface area contributed by atoms with Crippen LogP contribution in [0.1, 0.15) is 53.5 Å². The zero-order valence-corrected chi connectivity index (χ0v) is 21.5. The Hall–Kier alpha value is -2.97. The van der Waals surface area contributed by atoms with Gasteiger partial charge < -0.3 is 15.0 Å². The molecule has 1 aromatic carbocycles. The highest BCUT2D eigenvalue weighted by Crippen LogP contribution is 2.16. The van der Waals surface area contributed by atoms with Gasteiger partial charge in [0, 0.05) is 20.5 Å². The van der Waals surface area contributed by atoms with Gasteiger partial charge in [-0.2, -0.15) is 0 Å². The van der Waals surface area contributed by atoms with Crippen molar-refractivity contribution in [3.05, 3.63) is 35.6 Å². The number of amides is 3. The maximum absolute atomic E-state index is 13.3. The molecule has 8 nitrogen and oxygen atoms in total. The molecule has 1 unspecified atom stereocenters. The van der Waals surface area contributed by atoms with Crippen molar-refractivity contribution >= 4 is 23.7 Å². The molecule has 1 N–H and O–H groups in total. The molecule has 9 heteroatoms. The van der Waals surface area contributed by atoms with Crippen LogP contribution in [0.4, 0.5) is 9.18 Å². The average Bonchev–Trinajstić information content (AvgIpc) is 2.74. The Morgan fingerprint density at radius 3 is 2.12 bits per heavy atom. The Morgan fingerprint density at radius 2 is 1.65 bits per heavy atom. The van der Waals surface area contributed by atoms with Crippen LogP contribution in [0.5, 0.6) is 0 Å². The van der Waals surface area contributed by atoms with E-state index in [1.165, 1.54) is 55.1 Å². The summed E-state index contributed by atoms with van der Waals surface area (Å²) < 4.78 is 18.7. The lowest BCUT2D eigenvalue weighted by Crippen LogP contribution is -2.53. The summed E-state index contributed by atoms with van der Waals surface area (Å²) in [7, 11) is 2.90. The number of halogens is 1. The molecule has 0 saturated heterocycles. The van der Waals surface area contributed by atoms with Gasteiger partial charge in [0.25, 0.3) is 0 Å². The second-order valence-electron chi connectivity index (χ2n) is 9.67. The zero-order valence-electron chi connectivity index (χ0n) is 21.5. The molecule has 0 aliphatic rings. The first-order valence-electron chi connectivity index (χ1n) is 11.4. The van der Waals surface area contributed by atoms with E-state index in [9.17, 15) is 23.6 Å². The standard InChI is InChI=1S/C25H38FN3O5/c1-9-16(2)22(17(3)30)27-21(31)15-28(7)23(32)20(14-18-10-12-19(26)13-11-18)29(8)24(33)34-25(4,5)6/h10-13,16,20,22H,9,14-15H2,1-8H3,(H,27,31)/t16?,20-,22+/m1/s1. The molecule has 1 rings (SSSR count). The van der Waals surface area contributed by atoms with Gasteiger partial charge in [-0.05, 0) is 51.3 Å². The maximum atomic E-state index is 13.3. The predicted octanol–water partition coefficient (Wildman–Crippen LogP) is 3.18. The van der Waals surface area contributed by atoms with Crippen LogP contribution in [0.3, 0.4) is 0 Å². The van der Waals surface area contributed by atoms with Gasteiger partial charge in [-0.25, -0.2) is 9.18 Å². The lowest BCUT2D eigenvalue weighted by Gasteiger charge is -2.32. The normalized spacial score (nSPS) is 13.9. The molecular formula is C25H38FN3O5. The van der Waals surface area contributed by atoms with Crippen molar-refractivity contribution < 1.29 is 28.3 Å². The minimum atomic E-state index is -0.990. The van der Waals surface area contributed by atoms with Crippen LogP contribution in [0.25, 0.3) is 0 Å².